The van der Waals surface area contributed by atoms with Crippen molar-refractivity contribution in [2.75, 3.05) is 0 Å². The Bertz CT molecular complexity index is 663. The molecule has 0 bridgehead atoms. The number of nitrogens with one attached hydrogen (secondary N) is 2. The summed E-state index contributed by atoms with van der Waals surface area (Å²) in [7, 11) is 0. The largest absolute Gasteiger partial charge is 0.380 e. The predicted molar refractivity (Wildman–Crippen MR) is 84.0 cm³/mol. The van der Waals surface area contributed by atoms with E-state index in [1.807, 2.05) is 24.3 Å². The zero-order valence-electron chi connectivity index (χ0n) is 13.1. The molecule has 1 aliphatic carbocycles. The first-order valence-corrected chi connectivity index (χ1v) is 7.90. The fourth-order valence-electron chi connectivity index (χ4n) is 2.92. The van der Waals surface area contributed by atoms with E-state index in [-0.39, 0.29) is 5.91 Å². The highest BCUT2D eigenvalue weighted by Crippen LogP contribution is 2.32. The number of hydrogen-bond donors (Lipinski definition) is 3. The first kappa shape index (κ1) is 15.6. The molecule has 122 valence electrons. The van der Waals surface area contributed by atoms with Crippen molar-refractivity contribution in [3.63, 3.8) is 0 Å². The first-order chi connectivity index (χ1) is 11.1. The van der Waals surface area contributed by atoms with Gasteiger partial charge in [-0.1, -0.05) is 25.1 Å². The van der Waals surface area contributed by atoms with Crippen LogP contribution in [0.5, 0.6) is 0 Å². The molecule has 0 radical (unpaired) electrons. The molecule has 1 fully saturated rings. The maximum atomic E-state index is 12.3. The van der Waals surface area contributed by atoms with Gasteiger partial charge >= 0.3 is 0 Å². The minimum absolute atomic E-state index is 0.283. The summed E-state index contributed by atoms with van der Waals surface area (Å²) in [6, 6.07) is 7.57. The van der Waals surface area contributed by atoms with Gasteiger partial charge in [-0.3, -0.25) is 4.79 Å². The summed E-state index contributed by atoms with van der Waals surface area (Å²) < 4.78 is 0. The minimum atomic E-state index is -1.22. The molecule has 0 unspecified atom stereocenters. The molecule has 0 spiro atoms. The van der Waals surface area contributed by atoms with Gasteiger partial charge in [0.25, 0.3) is 5.91 Å². The van der Waals surface area contributed by atoms with Gasteiger partial charge in [-0.2, -0.15) is 5.21 Å². The van der Waals surface area contributed by atoms with E-state index in [0.717, 1.165) is 24.0 Å². The van der Waals surface area contributed by atoms with E-state index in [1.165, 1.54) is 0 Å². The summed E-state index contributed by atoms with van der Waals surface area (Å²) in [5.41, 5.74) is 0.529. The van der Waals surface area contributed by atoms with Crippen molar-refractivity contribution < 1.29 is 9.90 Å². The van der Waals surface area contributed by atoms with Crippen LogP contribution < -0.4 is 5.32 Å². The topological polar surface area (TPSA) is 104 Å². The standard InChI is InChI=1S/C16H21N5O2/c1-11-5-7-16(23,8-6-11)15(22)17-10-12-3-2-4-13(9-12)14-18-20-21-19-14/h2-4,9,11,23H,5-8,10H2,1H3,(H,17,22)(H,18,19,20,21). The molecule has 0 saturated heterocycles. The molecular weight excluding hydrogens is 294 g/mol. The van der Waals surface area contributed by atoms with Gasteiger partial charge in [0.1, 0.15) is 5.60 Å². The number of benzene rings is 1. The summed E-state index contributed by atoms with van der Waals surface area (Å²) in [5.74, 6) is 0.808. The molecule has 7 nitrogen and oxygen atoms in total. The quantitative estimate of drug-likeness (QED) is 0.791. The molecule has 23 heavy (non-hydrogen) atoms. The zero-order valence-corrected chi connectivity index (χ0v) is 13.1. The van der Waals surface area contributed by atoms with Gasteiger partial charge in [0, 0.05) is 12.1 Å². The maximum Gasteiger partial charge on any atom is 0.252 e. The summed E-state index contributed by atoms with van der Waals surface area (Å²) in [4.78, 5) is 12.3. The van der Waals surface area contributed by atoms with Crippen LogP contribution in [0.25, 0.3) is 11.4 Å². The Morgan fingerprint density at radius 2 is 2.22 bits per heavy atom. The van der Waals surface area contributed by atoms with E-state index in [9.17, 15) is 9.90 Å². The lowest BCUT2D eigenvalue weighted by Gasteiger charge is -2.33. The highest BCUT2D eigenvalue weighted by atomic mass is 16.3. The number of nitrogens with zero attached hydrogens (tertiary/aromatic N) is 3. The number of carbonyl (C=O) groups is 1. The van der Waals surface area contributed by atoms with Gasteiger partial charge in [-0.05, 0) is 48.4 Å². The average molecular weight is 315 g/mol. The maximum absolute atomic E-state index is 12.3. The SMILES string of the molecule is CC1CCC(O)(C(=O)NCc2cccc(-c3nn[nH]n3)c2)CC1. The molecule has 1 aromatic heterocycles. The van der Waals surface area contributed by atoms with Crippen molar-refractivity contribution in [2.24, 2.45) is 5.92 Å². The molecule has 3 N–H and O–H groups in total. The average Bonchev–Trinajstić information content (AvgIpc) is 3.10. The third-order valence-corrected chi connectivity index (χ3v) is 4.51. The molecule has 1 saturated carbocycles. The Morgan fingerprint density at radius 1 is 1.43 bits per heavy atom. The summed E-state index contributed by atoms with van der Waals surface area (Å²) in [6.45, 7) is 2.52. The minimum Gasteiger partial charge on any atom is -0.380 e. The van der Waals surface area contributed by atoms with Crippen LogP contribution in [0.2, 0.25) is 0 Å². The lowest BCUT2D eigenvalue weighted by molar-refractivity contribution is -0.144. The van der Waals surface area contributed by atoms with E-state index in [4.69, 9.17) is 0 Å². The lowest BCUT2D eigenvalue weighted by Crippen LogP contribution is -2.48. The van der Waals surface area contributed by atoms with Gasteiger partial charge in [0.15, 0.2) is 0 Å². The van der Waals surface area contributed by atoms with Crippen molar-refractivity contribution in [1.29, 1.82) is 0 Å². The Labute approximate surface area is 134 Å². The number of amides is 1. The molecule has 0 atom stereocenters. The van der Waals surface area contributed by atoms with Gasteiger partial charge in [0.05, 0.1) is 0 Å². The molecule has 2 aromatic rings. The normalized spacial score (nSPS) is 24.3. The van der Waals surface area contributed by atoms with E-state index in [0.29, 0.717) is 31.1 Å². The van der Waals surface area contributed by atoms with Gasteiger partial charge in [-0.15, -0.1) is 10.2 Å². The molecule has 3 rings (SSSR count). The molecule has 1 amide bonds. The van der Waals surface area contributed by atoms with Crippen molar-refractivity contribution in [1.82, 2.24) is 25.9 Å². The number of tetrazole rings is 1. The number of carbonyl (C=O) groups excluding carboxylic acids is 1. The monoisotopic (exact) mass is 315 g/mol. The van der Waals surface area contributed by atoms with Crippen molar-refractivity contribution >= 4 is 5.91 Å². The number of H-pyrrole nitrogens is 1. The van der Waals surface area contributed by atoms with E-state index in [1.54, 1.807) is 0 Å². The molecule has 1 heterocycles. The molecule has 7 heteroatoms. The van der Waals surface area contributed by atoms with Crippen molar-refractivity contribution in [3.8, 4) is 11.4 Å². The van der Waals surface area contributed by atoms with Crippen LogP contribution in [-0.4, -0.2) is 37.2 Å². The van der Waals surface area contributed by atoms with Gasteiger partial charge in [0.2, 0.25) is 5.82 Å². The molecule has 1 aromatic carbocycles. The van der Waals surface area contributed by atoms with Crippen LogP contribution in [0.15, 0.2) is 24.3 Å². The first-order valence-electron chi connectivity index (χ1n) is 7.90. The predicted octanol–water partition coefficient (Wildman–Crippen LogP) is 1.42. The second-order valence-corrected chi connectivity index (χ2v) is 6.33. The lowest BCUT2D eigenvalue weighted by atomic mass is 9.79. The third-order valence-electron chi connectivity index (χ3n) is 4.51. The van der Waals surface area contributed by atoms with E-state index < -0.39 is 5.60 Å². The Balaban J connectivity index is 1.62. The number of aliphatic hydroxyl groups is 1. The van der Waals surface area contributed by atoms with Crippen LogP contribution in [0.1, 0.15) is 38.2 Å². The van der Waals surface area contributed by atoms with Crippen LogP contribution in [0, 0.1) is 5.92 Å². The number of rotatable bonds is 4. The Hall–Kier alpha value is -2.28. The zero-order chi connectivity index (χ0) is 16.3. The number of hydrogen-bond acceptors (Lipinski definition) is 5. The molecule has 1 aliphatic rings. The fourth-order valence-corrected chi connectivity index (χ4v) is 2.92. The second-order valence-electron chi connectivity index (χ2n) is 6.33. The summed E-state index contributed by atoms with van der Waals surface area (Å²) in [6.07, 6.45) is 2.83. The van der Waals surface area contributed by atoms with E-state index >= 15 is 0 Å². The van der Waals surface area contributed by atoms with Gasteiger partial charge in [-0.25, -0.2) is 0 Å². The van der Waals surface area contributed by atoms with Crippen molar-refractivity contribution in [3.05, 3.63) is 29.8 Å². The smallest absolute Gasteiger partial charge is 0.252 e. The van der Waals surface area contributed by atoms with Crippen LogP contribution in [0.4, 0.5) is 0 Å². The highest BCUT2D eigenvalue weighted by molar-refractivity contribution is 5.85. The van der Waals surface area contributed by atoms with Crippen LogP contribution in [0.3, 0.4) is 0 Å². The third kappa shape index (κ3) is 3.56. The Morgan fingerprint density at radius 3 is 2.91 bits per heavy atom. The number of aromatic amines is 1. The van der Waals surface area contributed by atoms with Gasteiger partial charge < -0.3 is 10.4 Å². The molecule has 0 aliphatic heterocycles. The van der Waals surface area contributed by atoms with Crippen LogP contribution >= 0.6 is 0 Å². The summed E-state index contributed by atoms with van der Waals surface area (Å²) in [5, 5.41) is 27.2. The fraction of sp³-hybridized carbons (Fsp3) is 0.500. The second kappa shape index (κ2) is 6.45. The van der Waals surface area contributed by atoms with Crippen LogP contribution in [-0.2, 0) is 11.3 Å². The summed E-state index contributed by atoms with van der Waals surface area (Å²) >= 11 is 0. The van der Waals surface area contributed by atoms with E-state index in [2.05, 4.69) is 32.9 Å². The number of aromatic nitrogens is 4. The molecular formula is C16H21N5O2. The Kier molecular flexibility index (Phi) is 4.38. The van der Waals surface area contributed by atoms with Crippen molar-refractivity contribution in [2.45, 2.75) is 44.8 Å². The highest BCUT2D eigenvalue weighted by Gasteiger charge is 2.38.